The van der Waals surface area contributed by atoms with E-state index in [4.69, 9.17) is 0 Å². The van der Waals surface area contributed by atoms with Crippen molar-refractivity contribution in [2.45, 2.75) is 25.3 Å². The molecule has 0 fully saturated rings. The van der Waals surface area contributed by atoms with E-state index in [0.29, 0.717) is 12.0 Å². The average molecular weight is 320 g/mol. The van der Waals surface area contributed by atoms with Crippen LogP contribution < -0.4 is 5.32 Å². The number of amides is 1. The summed E-state index contributed by atoms with van der Waals surface area (Å²) in [4.78, 5) is 26.7. The highest BCUT2D eigenvalue weighted by Crippen LogP contribution is 2.14. The minimum Gasteiger partial charge on any atom is -0.361 e. The standard InChI is InChI=1S/C20H20N2O2/c23-14-18(8-4-7-15-5-2-1-3-6-15)22-20(24)17-9-10-19-16(13-17)11-12-21-19/h1-3,5-6,9-14,18,21H,4,7-8H2,(H,22,24)/t18-/m1/s1. The molecule has 1 heterocycles. The molecule has 0 saturated heterocycles. The maximum absolute atomic E-state index is 12.3. The first-order valence-electron chi connectivity index (χ1n) is 8.13. The second-order valence-corrected chi connectivity index (χ2v) is 5.87. The molecule has 2 N–H and O–H groups in total. The van der Waals surface area contributed by atoms with Crippen LogP contribution in [0.15, 0.2) is 60.8 Å². The smallest absolute Gasteiger partial charge is 0.251 e. The van der Waals surface area contributed by atoms with Crippen LogP contribution in [-0.4, -0.2) is 23.2 Å². The van der Waals surface area contributed by atoms with E-state index in [0.717, 1.165) is 30.0 Å². The van der Waals surface area contributed by atoms with Gasteiger partial charge in [-0.3, -0.25) is 4.79 Å². The van der Waals surface area contributed by atoms with Crippen molar-refractivity contribution in [3.63, 3.8) is 0 Å². The summed E-state index contributed by atoms with van der Waals surface area (Å²) in [6.45, 7) is 0. The fraction of sp³-hybridized carbons (Fsp3) is 0.200. The fourth-order valence-electron chi connectivity index (χ4n) is 2.79. The minimum atomic E-state index is -0.455. The molecule has 0 unspecified atom stereocenters. The van der Waals surface area contributed by atoms with Crippen molar-refractivity contribution in [1.29, 1.82) is 0 Å². The van der Waals surface area contributed by atoms with Crippen molar-refractivity contribution >= 4 is 23.1 Å². The van der Waals surface area contributed by atoms with Crippen LogP contribution >= 0.6 is 0 Å². The molecule has 0 aliphatic heterocycles. The quantitative estimate of drug-likeness (QED) is 0.655. The van der Waals surface area contributed by atoms with Gasteiger partial charge in [0.1, 0.15) is 6.29 Å². The molecule has 1 amide bonds. The lowest BCUT2D eigenvalue weighted by Gasteiger charge is -2.13. The second kappa shape index (κ2) is 7.59. The SMILES string of the molecule is O=C[C@@H](CCCc1ccccc1)NC(=O)c1ccc2[nH]ccc2c1. The maximum atomic E-state index is 12.3. The number of hydrogen-bond donors (Lipinski definition) is 2. The zero-order chi connectivity index (χ0) is 16.8. The lowest BCUT2D eigenvalue weighted by atomic mass is 10.0. The van der Waals surface area contributed by atoms with E-state index in [2.05, 4.69) is 22.4 Å². The van der Waals surface area contributed by atoms with Crippen molar-refractivity contribution in [2.75, 3.05) is 0 Å². The van der Waals surface area contributed by atoms with Gasteiger partial charge in [-0.25, -0.2) is 0 Å². The topological polar surface area (TPSA) is 62.0 Å². The van der Waals surface area contributed by atoms with Gasteiger partial charge in [0, 0.05) is 22.7 Å². The Balaban J connectivity index is 1.55. The number of aryl methyl sites for hydroxylation is 1. The molecule has 122 valence electrons. The summed E-state index contributed by atoms with van der Waals surface area (Å²) < 4.78 is 0. The minimum absolute atomic E-state index is 0.213. The van der Waals surface area contributed by atoms with E-state index >= 15 is 0 Å². The molecule has 0 radical (unpaired) electrons. The van der Waals surface area contributed by atoms with E-state index < -0.39 is 6.04 Å². The van der Waals surface area contributed by atoms with Gasteiger partial charge in [0.25, 0.3) is 5.91 Å². The summed E-state index contributed by atoms with van der Waals surface area (Å²) in [6, 6.07) is 17.1. The number of benzene rings is 2. The summed E-state index contributed by atoms with van der Waals surface area (Å²) in [7, 11) is 0. The number of fused-ring (bicyclic) bond motifs is 1. The molecule has 1 aromatic heterocycles. The van der Waals surface area contributed by atoms with Crippen LogP contribution in [-0.2, 0) is 11.2 Å². The van der Waals surface area contributed by atoms with Crippen LogP contribution in [0.2, 0.25) is 0 Å². The highest BCUT2D eigenvalue weighted by atomic mass is 16.2. The fourth-order valence-corrected chi connectivity index (χ4v) is 2.79. The summed E-state index contributed by atoms with van der Waals surface area (Å²) in [5.74, 6) is -0.213. The molecule has 2 aromatic carbocycles. The number of carbonyl (C=O) groups is 2. The number of aromatic nitrogens is 1. The van der Waals surface area contributed by atoms with Gasteiger partial charge in [0.15, 0.2) is 0 Å². The monoisotopic (exact) mass is 320 g/mol. The number of carbonyl (C=O) groups excluding carboxylic acids is 2. The van der Waals surface area contributed by atoms with Crippen LogP contribution in [0, 0.1) is 0 Å². The largest absolute Gasteiger partial charge is 0.361 e. The Morgan fingerprint density at radius 2 is 1.96 bits per heavy atom. The zero-order valence-corrected chi connectivity index (χ0v) is 13.4. The van der Waals surface area contributed by atoms with Crippen LogP contribution in [0.3, 0.4) is 0 Å². The van der Waals surface area contributed by atoms with Gasteiger partial charge in [-0.2, -0.15) is 0 Å². The van der Waals surface area contributed by atoms with Gasteiger partial charge in [-0.15, -0.1) is 0 Å². The van der Waals surface area contributed by atoms with Gasteiger partial charge in [0.05, 0.1) is 6.04 Å². The first kappa shape index (κ1) is 16.0. The molecule has 3 rings (SSSR count). The van der Waals surface area contributed by atoms with Gasteiger partial charge >= 0.3 is 0 Å². The first-order valence-corrected chi connectivity index (χ1v) is 8.13. The highest BCUT2D eigenvalue weighted by molar-refractivity contribution is 5.99. The number of aldehydes is 1. The molecule has 4 nitrogen and oxygen atoms in total. The molecule has 24 heavy (non-hydrogen) atoms. The molecule has 3 aromatic rings. The predicted molar refractivity (Wildman–Crippen MR) is 95.0 cm³/mol. The van der Waals surface area contributed by atoms with E-state index in [-0.39, 0.29) is 5.91 Å². The maximum Gasteiger partial charge on any atom is 0.251 e. The van der Waals surface area contributed by atoms with E-state index in [9.17, 15) is 9.59 Å². The van der Waals surface area contributed by atoms with Crippen LogP contribution in [0.25, 0.3) is 10.9 Å². The zero-order valence-electron chi connectivity index (χ0n) is 13.4. The van der Waals surface area contributed by atoms with Gasteiger partial charge in [0.2, 0.25) is 0 Å². The summed E-state index contributed by atoms with van der Waals surface area (Å²) >= 11 is 0. The van der Waals surface area contributed by atoms with E-state index in [1.165, 1.54) is 5.56 Å². The average Bonchev–Trinajstić information content (AvgIpc) is 3.09. The van der Waals surface area contributed by atoms with Crippen molar-refractivity contribution in [1.82, 2.24) is 10.3 Å². The molecule has 0 saturated carbocycles. The Labute approximate surface area is 140 Å². The number of rotatable bonds is 7. The lowest BCUT2D eigenvalue weighted by molar-refractivity contribution is -0.109. The Bertz CT molecular complexity index is 824. The van der Waals surface area contributed by atoms with Crippen molar-refractivity contribution in [2.24, 2.45) is 0 Å². The lowest BCUT2D eigenvalue weighted by Crippen LogP contribution is -2.36. The Morgan fingerprint density at radius 3 is 2.75 bits per heavy atom. The first-order chi connectivity index (χ1) is 11.8. The Hall–Kier alpha value is -2.88. The molecule has 0 aliphatic rings. The molecule has 4 heteroatoms. The van der Waals surface area contributed by atoms with Gasteiger partial charge in [-0.05, 0) is 49.1 Å². The third kappa shape index (κ3) is 3.90. The summed E-state index contributed by atoms with van der Waals surface area (Å²) in [6.07, 6.45) is 5.04. The van der Waals surface area contributed by atoms with E-state index in [1.54, 1.807) is 6.07 Å². The van der Waals surface area contributed by atoms with Crippen LogP contribution in [0.1, 0.15) is 28.8 Å². The third-order valence-electron chi connectivity index (χ3n) is 4.12. The Kier molecular flexibility index (Phi) is 5.06. The Morgan fingerprint density at radius 1 is 1.12 bits per heavy atom. The van der Waals surface area contributed by atoms with Crippen LogP contribution in [0.4, 0.5) is 0 Å². The van der Waals surface area contributed by atoms with E-state index in [1.807, 2.05) is 42.6 Å². The number of aromatic amines is 1. The predicted octanol–water partition coefficient (Wildman–Crippen LogP) is 3.49. The second-order valence-electron chi connectivity index (χ2n) is 5.87. The number of nitrogens with one attached hydrogen (secondary N) is 2. The molecular weight excluding hydrogens is 300 g/mol. The van der Waals surface area contributed by atoms with Crippen molar-refractivity contribution in [3.8, 4) is 0 Å². The summed E-state index contributed by atoms with van der Waals surface area (Å²) in [5, 5.41) is 3.79. The molecular formula is C20H20N2O2. The van der Waals surface area contributed by atoms with Crippen LogP contribution in [0.5, 0.6) is 0 Å². The normalized spacial score (nSPS) is 12.0. The molecule has 0 spiro atoms. The highest BCUT2D eigenvalue weighted by Gasteiger charge is 2.13. The van der Waals surface area contributed by atoms with Crippen molar-refractivity contribution in [3.05, 3.63) is 71.9 Å². The number of H-pyrrole nitrogens is 1. The van der Waals surface area contributed by atoms with Gasteiger partial charge < -0.3 is 15.1 Å². The molecule has 0 aliphatic carbocycles. The number of hydrogen-bond acceptors (Lipinski definition) is 2. The molecule has 0 bridgehead atoms. The third-order valence-corrected chi connectivity index (χ3v) is 4.12. The van der Waals surface area contributed by atoms with Gasteiger partial charge in [-0.1, -0.05) is 30.3 Å². The van der Waals surface area contributed by atoms with Crippen molar-refractivity contribution < 1.29 is 9.59 Å². The molecule has 1 atom stereocenters. The summed E-state index contributed by atoms with van der Waals surface area (Å²) in [5.41, 5.74) is 2.80.